The van der Waals surface area contributed by atoms with Crippen molar-refractivity contribution in [2.75, 3.05) is 0 Å². The smallest absolute Gasteiger partial charge is 0.176 e. The van der Waals surface area contributed by atoms with Crippen LogP contribution in [0.2, 0.25) is 0 Å². The van der Waals surface area contributed by atoms with Crippen LogP contribution in [0.3, 0.4) is 0 Å². The molecule has 12 heavy (non-hydrogen) atoms. The molecule has 0 amide bonds. The van der Waals surface area contributed by atoms with Crippen LogP contribution in [0.25, 0.3) is 0 Å². The van der Waals surface area contributed by atoms with Crippen molar-refractivity contribution in [3.8, 4) is 12.3 Å². The van der Waals surface area contributed by atoms with Gasteiger partial charge in [-0.2, -0.15) is 0 Å². The summed E-state index contributed by atoms with van der Waals surface area (Å²) in [4.78, 5) is 15.1. The van der Waals surface area contributed by atoms with Crippen molar-refractivity contribution in [2.45, 2.75) is 13.3 Å². The number of pyridine rings is 1. The van der Waals surface area contributed by atoms with Crippen LogP contribution < -0.4 is 0 Å². The van der Waals surface area contributed by atoms with Crippen molar-refractivity contribution in [3.63, 3.8) is 0 Å². The molecule has 0 aliphatic rings. The summed E-state index contributed by atoms with van der Waals surface area (Å²) in [5.41, 5.74) is 1.54. The molecule has 1 rings (SSSR count). The normalized spacial score (nSPS) is 9.00. The maximum absolute atomic E-state index is 11.3. The number of nitrogens with zero attached hydrogens (tertiary/aromatic N) is 1. The second-order valence-corrected chi connectivity index (χ2v) is 2.49. The summed E-state index contributed by atoms with van der Waals surface area (Å²) in [6.45, 7) is 1.87. The highest BCUT2D eigenvalue weighted by atomic mass is 16.1. The fourth-order valence-corrected chi connectivity index (χ4v) is 0.944. The Labute approximate surface area is 71.6 Å². The maximum atomic E-state index is 11.3. The largest absolute Gasteiger partial charge is 0.293 e. The molecule has 0 aromatic carbocycles. The molecule has 1 heterocycles. The molecule has 0 saturated carbocycles. The number of carbonyl (C=O) groups is 1. The molecular formula is C10H9NO. The van der Waals surface area contributed by atoms with E-state index in [1.165, 1.54) is 0 Å². The summed E-state index contributed by atoms with van der Waals surface area (Å²) in [5, 5.41) is 0. The van der Waals surface area contributed by atoms with Crippen molar-refractivity contribution in [1.29, 1.82) is 0 Å². The van der Waals surface area contributed by atoms with E-state index >= 15 is 0 Å². The van der Waals surface area contributed by atoms with Crippen LogP contribution in [0.15, 0.2) is 18.5 Å². The number of hydrogen-bond acceptors (Lipinski definition) is 2. The minimum Gasteiger partial charge on any atom is -0.293 e. The van der Waals surface area contributed by atoms with E-state index in [4.69, 9.17) is 6.42 Å². The second kappa shape index (κ2) is 3.68. The van der Waals surface area contributed by atoms with E-state index in [9.17, 15) is 4.79 Å². The number of terminal acetylenes is 1. The van der Waals surface area contributed by atoms with Crippen LogP contribution in [0.5, 0.6) is 0 Å². The molecule has 0 N–H and O–H groups in total. The van der Waals surface area contributed by atoms with E-state index in [0.717, 1.165) is 5.56 Å². The van der Waals surface area contributed by atoms with Gasteiger partial charge < -0.3 is 0 Å². The topological polar surface area (TPSA) is 30.0 Å². The SMILES string of the molecule is C#CCC(=O)c1cnccc1C. The maximum Gasteiger partial charge on any atom is 0.176 e. The van der Waals surface area contributed by atoms with Gasteiger partial charge in [-0.25, -0.2) is 0 Å². The summed E-state index contributed by atoms with van der Waals surface area (Å²) in [5.74, 6) is 2.28. The number of aromatic nitrogens is 1. The predicted molar refractivity (Wildman–Crippen MR) is 46.8 cm³/mol. The third-order valence-corrected chi connectivity index (χ3v) is 1.60. The van der Waals surface area contributed by atoms with Gasteiger partial charge in [0.2, 0.25) is 0 Å². The highest BCUT2D eigenvalue weighted by Crippen LogP contribution is 2.07. The molecular weight excluding hydrogens is 150 g/mol. The third-order valence-electron chi connectivity index (χ3n) is 1.60. The summed E-state index contributed by atoms with van der Waals surface area (Å²) in [7, 11) is 0. The van der Waals surface area contributed by atoms with Crippen molar-refractivity contribution in [3.05, 3.63) is 29.6 Å². The van der Waals surface area contributed by atoms with E-state index in [0.29, 0.717) is 5.56 Å². The molecule has 0 unspecified atom stereocenters. The molecule has 1 aromatic heterocycles. The molecule has 0 bridgehead atoms. The fraction of sp³-hybridized carbons (Fsp3) is 0.200. The Bertz CT molecular complexity index is 336. The van der Waals surface area contributed by atoms with E-state index in [2.05, 4.69) is 10.9 Å². The van der Waals surface area contributed by atoms with E-state index in [1.54, 1.807) is 18.5 Å². The first-order valence-corrected chi connectivity index (χ1v) is 3.63. The van der Waals surface area contributed by atoms with Crippen LogP contribution in [0.4, 0.5) is 0 Å². The monoisotopic (exact) mass is 159 g/mol. The lowest BCUT2D eigenvalue weighted by molar-refractivity contribution is 0.0997. The Hall–Kier alpha value is -1.62. The minimum absolute atomic E-state index is 0.0388. The van der Waals surface area contributed by atoms with Crippen molar-refractivity contribution < 1.29 is 4.79 Å². The van der Waals surface area contributed by atoms with Gasteiger partial charge in [-0.15, -0.1) is 6.42 Å². The van der Waals surface area contributed by atoms with Gasteiger partial charge >= 0.3 is 0 Å². The number of carbonyl (C=O) groups excluding carboxylic acids is 1. The number of aryl methyl sites for hydroxylation is 1. The lowest BCUT2D eigenvalue weighted by Crippen LogP contribution is -2.00. The Balaban J connectivity index is 2.97. The molecule has 0 fully saturated rings. The molecule has 0 radical (unpaired) electrons. The molecule has 0 aliphatic carbocycles. The van der Waals surface area contributed by atoms with Crippen LogP contribution in [-0.4, -0.2) is 10.8 Å². The summed E-state index contributed by atoms with van der Waals surface area (Å²) in [6.07, 6.45) is 8.38. The van der Waals surface area contributed by atoms with Crippen molar-refractivity contribution in [2.24, 2.45) is 0 Å². The molecule has 60 valence electrons. The highest BCUT2D eigenvalue weighted by Gasteiger charge is 2.06. The first-order valence-electron chi connectivity index (χ1n) is 3.63. The summed E-state index contributed by atoms with van der Waals surface area (Å²) >= 11 is 0. The molecule has 0 saturated heterocycles. The molecule has 0 aliphatic heterocycles. The Morgan fingerprint density at radius 3 is 3.08 bits per heavy atom. The van der Waals surface area contributed by atoms with E-state index in [-0.39, 0.29) is 12.2 Å². The van der Waals surface area contributed by atoms with E-state index in [1.807, 2.05) is 6.92 Å². The summed E-state index contributed by atoms with van der Waals surface area (Å²) in [6, 6.07) is 1.80. The zero-order chi connectivity index (χ0) is 8.97. The van der Waals surface area contributed by atoms with Crippen LogP contribution >= 0.6 is 0 Å². The van der Waals surface area contributed by atoms with Gasteiger partial charge in [-0.1, -0.05) is 5.92 Å². The quantitative estimate of drug-likeness (QED) is 0.484. The zero-order valence-electron chi connectivity index (χ0n) is 6.87. The van der Waals surface area contributed by atoms with Crippen LogP contribution in [0.1, 0.15) is 22.3 Å². The average molecular weight is 159 g/mol. The lowest BCUT2D eigenvalue weighted by Gasteiger charge is -1.99. The van der Waals surface area contributed by atoms with Crippen molar-refractivity contribution >= 4 is 5.78 Å². The number of ketones is 1. The van der Waals surface area contributed by atoms with Gasteiger partial charge in [0, 0.05) is 18.0 Å². The van der Waals surface area contributed by atoms with Gasteiger partial charge in [-0.3, -0.25) is 9.78 Å². The lowest BCUT2D eigenvalue weighted by atomic mass is 10.1. The van der Waals surface area contributed by atoms with Crippen molar-refractivity contribution in [1.82, 2.24) is 4.98 Å². The first kappa shape index (κ1) is 8.48. The third kappa shape index (κ3) is 1.70. The van der Waals surface area contributed by atoms with Crippen LogP contribution in [-0.2, 0) is 0 Å². The zero-order valence-corrected chi connectivity index (χ0v) is 6.87. The Morgan fingerprint density at radius 1 is 1.75 bits per heavy atom. The Kier molecular flexibility index (Phi) is 2.60. The average Bonchev–Trinajstić information content (AvgIpc) is 2.05. The van der Waals surface area contributed by atoms with Gasteiger partial charge in [-0.05, 0) is 18.6 Å². The minimum atomic E-state index is -0.0388. The fourth-order valence-electron chi connectivity index (χ4n) is 0.944. The van der Waals surface area contributed by atoms with Gasteiger partial charge in [0.15, 0.2) is 5.78 Å². The predicted octanol–water partition coefficient (Wildman–Crippen LogP) is 1.60. The van der Waals surface area contributed by atoms with E-state index < -0.39 is 0 Å². The molecule has 2 heteroatoms. The Morgan fingerprint density at radius 2 is 2.50 bits per heavy atom. The summed E-state index contributed by atoms with van der Waals surface area (Å²) < 4.78 is 0. The molecule has 2 nitrogen and oxygen atoms in total. The van der Waals surface area contributed by atoms with Gasteiger partial charge in [0.05, 0.1) is 6.42 Å². The first-order chi connectivity index (χ1) is 5.75. The molecule has 0 atom stereocenters. The van der Waals surface area contributed by atoms with Gasteiger partial charge in [0.25, 0.3) is 0 Å². The second-order valence-electron chi connectivity index (χ2n) is 2.49. The molecule has 1 aromatic rings. The number of hydrogen-bond donors (Lipinski definition) is 0. The highest BCUT2D eigenvalue weighted by molar-refractivity contribution is 5.98. The number of rotatable bonds is 2. The van der Waals surface area contributed by atoms with Gasteiger partial charge in [0.1, 0.15) is 0 Å². The number of Topliss-reactive ketones (excluding diaryl/α,β-unsaturated/α-hetero) is 1. The molecule has 0 spiro atoms. The van der Waals surface area contributed by atoms with Crippen LogP contribution in [0, 0.1) is 19.3 Å². The standard InChI is InChI=1S/C10H9NO/c1-3-4-10(12)9-7-11-6-5-8(9)2/h1,5-7H,4H2,2H3.